The van der Waals surface area contributed by atoms with Crippen molar-refractivity contribution in [2.24, 2.45) is 0 Å². The van der Waals surface area contributed by atoms with E-state index in [1.165, 1.54) is 24.3 Å². The van der Waals surface area contributed by atoms with Crippen LogP contribution in [-0.2, 0) is 33.3 Å². The molecule has 0 saturated carbocycles. The van der Waals surface area contributed by atoms with Crippen molar-refractivity contribution in [2.75, 3.05) is 0 Å². The van der Waals surface area contributed by atoms with E-state index in [2.05, 4.69) is 0 Å². The lowest BCUT2D eigenvalue weighted by Gasteiger charge is -2.23. The molecule has 0 aromatic heterocycles. The van der Waals surface area contributed by atoms with Crippen molar-refractivity contribution in [1.29, 1.82) is 0 Å². The van der Waals surface area contributed by atoms with Gasteiger partial charge in [0.1, 0.15) is 0 Å². The highest BCUT2D eigenvalue weighted by Gasteiger charge is 2.53. The number of rotatable bonds is 6. The summed E-state index contributed by atoms with van der Waals surface area (Å²) in [6.07, 6.45) is -5.66. The first-order valence-corrected chi connectivity index (χ1v) is 9.37. The van der Waals surface area contributed by atoms with E-state index in [9.17, 15) is 19.2 Å². The van der Waals surface area contributed by atoms with Gasteiger partial charge in [0.25, 0.3) is 0 Å². The maximum absolute atomic E-state index is 12.6. The number of ether oxygens (including phenoxy) is 5. The second-order valence-electron chi connectivity index (χ2n) is 6.56. The SMILES string of the molecule is CC(=O)OC1C(OC(=O)c2ccccc2)[C@H](OC(=O)c2ccccc2)O[C@H]1OC(C)=O. The molecule has 2 unspecified atom stereocenters. The summed E-state index contributed by atoms with van der Waals surface area (Å²) in [5, 5.41) is 0. The first-order chi connectivity index (χ1) is 14.8. The third-order valence-corrected chi connectivity index (χ3v) is 4.20. The predicted molar refractivity (Wildman–Crippen MR) is 103 cm³/mol. The van der Waals surface area contributed by atoms with E-state index in [-0.39, 0.29) is 11.1 Å². The van der Waals surface area contributed by atoms with Gasteiger partial charge >= 0.3 is 23.9 Å². The minimum Gasteiger partial charge on any atom is -0.452 e. The molecular weight excluding hydrogens is 408 g/mol. The monoisotopic (exact) mass is 428 g/mol. The van der Waals surface area contributed by atoms with Gasteiger partial charge in [-0.1, -0.05) is 36.4 Å². The minimum absolute atomic E-state index is 0.216. The summed E-state index contributed by atoms with van der Waals surface area (Å²) in [6.45, 7) is 2.26. The van der Waals surface area contributed by atoms with Gasteiger partial charge in [0.05, 0.1) is 11.1 Å². The zero-order valence-electron chi connectivity index (χ0n) is 16.8. The number of esters is 4. The van der Waals surface area contributed by atoms with Crippen molar-refractivity contribution in [3.05, 3.63) is 71.8 Å². The van der Waals surface area contributed by atoms with E-state index in [1.807, 2.05) is 0 Å². The maximum Gasteiger partial charge on any atom is 0.340 e. The standard InChI is InChI=1S/C22H20O9/c1-13(23)27-17-18(29-19(25)15-9-5-3-6-10-15)22(31-21(17)28-14(2)24)30-20(26)16-11-7-4-8-12-16/h3-12,17-18,21-22H,1-2H3/t17?,18?,21-,22-/m1/s1. The fourth-order valence-electron chi connectivity index (χ4n) is 2.90. The largest absolute Gasteiger partial charge is 0.452 e. The highest BCUT2D eigenvalue weighted by atomic mass is 16.8. The summed E-state index contributed by atoms with van der Waals surface area (Å²) in [5.41, 5.74) is 0.437. The van der Waals surface area contributed by atoms with Crippen molar-refractivity contribution in [3.63, 3.8) is 0 Å². The van der Waals surface area contributed by atoms with Crippen LogP contribution in [0.5, 0.6) is 0 Å². The van der Waals surface area contributed by atoms with Crippen LogP contribution in [0.3, 0.4) is 0 Å². The van der Waals surface area contributed by atoms with E-state index in [0.29, 0.717) is 0 Å². The molecule has 3 rings (SSSR count). The number of hydrogen-bond acceptors (Lipinski definition) is 9. The highest BCUT2D eigenvalue weighted by molar-refractivity contribution is 5.90. The normalized spacial score (nSPS) is 22.3. The molecule has 9 nitrogen and oxygen atoms in total. The van der Waals surface area contributed by atoms with Crippen LogP contribution in [0.2, 0.25) is 0 Å². The van der Waals surface area contributed by atoms with E-state index >= 15 is 0 Å². The molecule has 1 aliphatic rings. The third-order valence-electron chi connectivity index (χ3n) is 4.20. The molecule has 162 valence electrons. The van der Waals surface area contributed by atoms with Gasteiger partial charge in [-0.15, -0.1) is 0 Å². The molecule has 0 amide bonds. The molecule has 1 saturated heterocycles. The lowest BCUT2D eigenvalue weighted by Crippen LogP contribution is -2.42. The second-order valence-corrected chi connectivity index (χ2v) is 6.56. The van der Waals surface area contributed by atoms with Crippen molar-refractivity contribution in [3.8, 4) is 0 Å². The van der Waals surface area contributed by atoms with Crippen LogP contribution in [0.15, 0.2) is 60.7 Å². The Balaban J connectivity index is 1.87. The first-order valence-electron chi connectivity index (χ1n) is 9.37. The average Bonchev–Trinajstić information content (AvgIpc) is 3.03. The Hall–Kier alpha value is -3.72. The van der Waals surface area contributed by atoms with E-state index in [4.69, 9.17) is 23.7 Å². The fraction of sp³-hybridized carbons (Fsp3) is 0.273. The molecule has 0 radical (unpaired) electrons. The molecule has 2 aromatic rings. The van der Waals surface area contributed by atoms with Gasteiger partial charge < -0.3 is 18.9 Å². The number of benzene rings is 2. The van der Waals surface area contributed by atoms with Gasteiger partial charge in [-0.05, 0) is 24.3 Å². The predicted octanol–water partition coefficient (Wildman–Crippen LogP) is 2.25. The fourth-order valence-corrected chi connectivity index (χ4v) is 2.90. The van der Waals surface area contributed by atoms with Crippen molar-refractivity contribution < 1.29 is 42.9 Å². The molecule has 1 heterocycles. The van der Waals surface area contributed by atoms with Gasteiger partial charge in [0, 0.05) is 13.8 Å². The summed E-state index contributed by atoms with van der Waals surface area (Å²) >= 11 is 0. The summed E-state index contributed by atoms with van der Waals surface area (Å²) in [7, 11) is 0. The Morgan fingerprint density at radius 2 is 1.03 bits per heavy atom. The lowest BCUT2D eigenvalue weighted by atomic mass is 10.2. The van der Waals surface area contributed by atoms with Crippen LogP contribution in [0, 0.1) is 0 Å². The Kier molecular flexibility index (Phi) is 6.99. The molecule has 2 aromatic carbocycles. The van der Waals surface area contributed by atoms with Gasteiger partial charge in [-0.3, -0.25) is 14.3 Å². The molecule has 31 heavy (non-hydrogen) atoms. The minimum atomic E-state index is -1.49. The van der Waals surface area contributed by atoms with Crippen LogP contribution in [-0.4, -0.2) is 48.7 Å². The lowest BCUT2D eigenvalue weighted by molar-refractivity contribution is -0.211. The van der Waals surface area contributed by atoms with E-state index in [0.717, 1.165) is 13.8 Å². The summed E-state index contributed by atoms with van der Waals surface area (Å²) in [6, 6.07) is 16.1. The molecule has 0 bridgehead atoms. The maximum atomic E-state index is 12.6. The average molecular weight is 428 g/mol. The Morgan fingerprint density at radius 3 is 1.52 bits per heavy atom. The van der Waals surface area contributed by atoms with E-state index in [1.54, 1.807) is 36.4 Å². The van der Waals surface area contributed by atoms with Crippen LogP contribution in [0.25, 0.3) is 0 Å². The van der Waals surface area contributed by atoms with Gasteiger partial charge in [0.15, 0.2) is 0 Å². The van der Waals surface area contributed by atoms with Crippen molar-refractivity contribution in [2.45, 2.75) is 38.6 Å². The molecule has 0 N–H and O–H groups in total. The second kappa shape index (κ2) is 9.86. The topological polar surface area (TPSA) is 114 Å². The van der Waals surface area contributed by atoms with Crippen LogP contribution < -0.4 is 0 Å². The van der Waals surface area contributed by atoms with Gasteiger partial charge in [-0.2, -0.15) is 0 Å². The zero-order valence-corrected chi connectivity index (χ0v) is 16.8. The molecular formula is C22H20O9. The quantitative estimate of drug-likeness (QED) is 0.505. The number of carbonyl (C=O) groups excluding carboxylic acids is 4. The molecule has 9 heteroatoms. The molecule has 0 aliphatic carbocycles. The van der Waals surface area contributed by atoms with Crippen LogP contribution in [0.1, 0.15) is 34.6 Å². The Morgan fingerprint density at radius 1 is 0.613 bits per heavy atom. The van der Waals surface area contributed by atoms with Gasteiger partial charge in [-0.25, -0.2) is 9.59 Å². The summed E-state index contributed by atoms with van der Waals surface area (Å²) in [4.78, 5) is 48.2. The number of hydrogen-bond donors (Lipinski definition) is 0. The Bertz CT molecular complexity index is 942. The molecule has 1 aliphatic heterocycles. The molecule has 1 fully saturated rings. The molecule has 4 atom stereocenters. The van der Waals surface area contributed by atoms with E-state index < -0.39 is 48.7 Å². The first kappa shape index (κ1) is 22.0. The third kappa shape index (κ3) is 5.67. The van der Waals surface area contributed by atoms with Gasteiger partial charge in [0.2, 0.25) is 24.8 Å². The number of carbonyl (C=O) groups is 4. The van der Waals surface area contributed by atoms with Crippen molar-refractivity contribution >= 4 is 23.9 Å². The summed E-state index contributed by atoms with van der Waals surface area (Å²) in [5.74, 6) is -3.00. The van der Waals surface area contributed by atoms with Crippen LogP contribution in [0.4, 0.5) is 0 Å². The smallest absolute Gasteiger partial charge is 0.340 e. The zero-order chi connectivity index (χ0) is 22.4. The summed E-state index contributed by atoms with van der Waals surface area (Å²) < 4.78 is 26.5. The Labute approximate surface area is 177 Å². The molecule has 0 spiro atoms. The van der Waals surface area contributed by atoms with Crippen molar-refractivity contribution in [1.82, 2.24) is 0 Å². The van der Waals surface area contributed by atoms with Crippen LogP contribution >= 0.6 is 0 Å². The highest BCUT2D eigenvalue weighted by Crippen LogP contribution is 2.30.